The number of hydrogen-bond acceptors (Lipinski definition) is 5. The second kappa shape index (κ2) is 8.89. The van der Waals surface area contributed by atoms with Crippen LogP contribution in [0.25, 0.3) is 0 Å². The fourth-order valence-corrected chi connectivity index (χ4v) is 4.46. The van der Waals surface area contributed by atoms with Crippen LogP contribution in [-0.2, 0) is 0 Å². The molecule has 0 unspecified atom stereocenters. The first-order chi connectivity index (χ1) is 14.5. The Morgan fingerprint density at radius 3 is 2.80 bits per heavy atom. The number of benzene rings is 2. The third-order valence-corrected chi connectivity index (χ3v) is 6.17. The Morgan fingerprint density at radius 1 is 1.17 bits per heavy atom. The van der Waals surface area contributed by atoms with Gasteiger partial charge >= 0.3 is 0 Å². The minimum atomic E-state index is -0.436. The van der Waals surface area contributed by atoms with Gasteiger partial charge < -0.3 is 10.2 Å². The molecule has 1 N–H and O–H groups in total. The number of carbonyl (C=O) groups is 2. The van der Waals surface area contributed by atoms with Crippen LogP contribution in [0.4, 0.5) is 10.1 Å². The number of carbonyl (C=O) groups excluding carboxylic acids is 2. The van der Waals surface area contributed by atoms with E-state index in [2.05, 4.69) is 15.5 Å². The Kier molecular flexibility index (Phi) is 6.06. The first-order valence-electron chi connectivity index (χ1n) is 9.45. The Balaban J connectivity index is 1.44. The number of piperidine rings is 1. The minimum absolute atomic E-state index is 0.0125. The number of hydrogen-bond donors (Lipinski definition) is 1. The van der Waals surface area contributed by atoms with E-state index in [-0.39, 0.29) is 22.7 Å². The lowest BCUT2D eigenvalue weighted by Crippen LogP contribution is -2.39. The SMILES string of the molecule is O=C(Nc1cccc(Cl)c1)c1nnc([C@H]2CCCN(C(=O)c3cccc(F)c3)C2)s1. The molecule has 0 saturated carbocycles. The van der Waals surface area contributed by atoms with E-state index in [1.54, 1.807) is 35.2 Å². The monoisotopic (exact) mass is 444 g/mol. The smallest absolute Gasteiger partial charge is 0.286 e. The summed E-state index contributed by atoms with van der Waals surface area (Å²) in [6.45, 7) is 1.06. The fourth-order valence-electron chi connectivity index (χ4n) is 3.41. The van der Waals surface area contributed by atoms with Gasteiger partial charge in [0.15, 0.2) is 0 Å². The highest BCUT2D eigenvalue weighted by Crippen LogP contribution is 2.30. The molecule has 1 fully saturated rings. The van der Waals surface area contributed by atoms with Crippen LogP contribution >= 0.6 is 22.9 Å². The standard InChI is InChI=1S/C21H18ClFN4O2S/c22-15-6-2-8-17(11-15)24-18(28)20-26-25-19(30-20)14-5-3-9-27(12-14)21(29)13-4-1-7-16(23)10-13/h1-2,4,6-8,10-11,14H,3,5,9,12H2,(H,24,28)/t14-/m0/s1. The Labute approximate surface area is 181 Å². The lowest BCUT2D eigenvalue weighted by atomic mass is 9.98. The van der Waals surface area contributed by atoms with Gasteiger partial charge in [0.2, 0.25) is 5.01 Å². The number of nitrogens with one attached hydrogen (secondary N) is 1. The minimum Gasteiger partial charge on any atom is -0.338 e. The first kappa shape index (κ1) is 20.4. The van der Waals surface area contributed by atoms with E-state index in [4.69, 9.17) is 11.6 Å². The molecule has 1 saturated heterocycles. The molecule has 0 radical (unpaired) electrons. The second-order valence-corrected chi connectivity index (χ2v) is 8.46. The Morgan fingerprint density at radius 2 is 2.00 bits per heavy atom. The quantitative estimate of drug-likeness (QED) is 0.638. The van der Waals surface area contributed by atoms with Crippen LogP contribution in [0.5, 0.6) is 0 Å². The molecule has 1 atom stereocenters. The van der Waals surface area contributed by atoms with Gasteiger partial charge in [-0.25, -0.2) is 4.39 Å². The number of halogens is 2. The summed E-state index contributed by atoms with van der Waals surface area (Å²) in [5.74, 6) is -1.01. The molecule has 9 heteroatoms. The highest BCUT2D eigenvalue weighted by molar-refractivity contribution is 7.13. The third kappa shape index (κ3) is 4.66. The predicted molar refractivity (Wildman–Crippen MR) is 114 cm³/mol. The molecule has 0 aliphatic carbocycles. The number of rotatable bonds is 4. The topological polar surface area (TPSA) is 75.2 Å². The molecule has 0 bridgehead atoms. The molecule has 4 rings (SSSR count). The zero-order valence-corrected chi connectivity index (χ0v) is 17.4. The molecule has 2 aromatic carbocycles. The van der Waals surface area contributed by atoms with Gasteiger partial charge in [0, 0.05) is 35.3 Å². The number of nitrogens with zero attached hydrogens (tertiary/aromatic N) is 3. The van der Waals surface area contributed by atoms with Crippen LogP contribution in [0.2, 0.25) is 5.02 Å². The molecule has 154 valence electrons. The molecule has 2 heterocycles. The maximum atomic E-state index is 13.5. The average molecular weight is 445 g/mol. The van der Waals surface area contributed by atoms with Gasteiger partial charge in [0.25, 0.3) is 11.8 Å². The molecular formula is C21H18ClFN4O2S. The molecule has 1 aliphatic heterocycles. The number of amides is 2. The summed E-state index contributed by atoms with van der Waals surface area (Å²) in [5, 5.41) is 12.4. The van der Waals surface area contributed by atoms with Crippen LogP contribution in [0.1, 0.15) is 43.9 Å². The van der Waals surface area contributed by atoms with Crippen LogP contribution in [0.3, 0.4) is 0 Å². The third-order valence-electron chi connectivity index (χ3n) is 4.85. The largest absolute Gasteiger partial charge is 0.338 e. The van der Waals surface area contributed by atoms with Crippen LogP contribution in [-0.4, -0.2) is 40.0 Å². The molecule has 2 amide bonds. The number of likely N-dealkylation sites (tertiary alicyclic amines) is 1. The van der Waals surface area contributed by atoms with E-state index in [1.807, 2.05) is 0 Å². The lowest BCUT2D eigenvalue weighted by molar-refractivity contribution is 0.0706. The van der Waals surface area contributed by atoms with E-state index in [0.29, 0.717) is 34.4 Å². The van der Waals surface area contributed by atoms with Crippen molar-refractivity contribution >= 4 is 40.4 Å². The summed E-state index contributed by atoms with van der Waals surface area (Å²) in [7, 11) is 0. The average Bonchev–Trinajstić information content (AvgIpc) is 3.24. The van der Waals surface area contributed by atoms with Crippen molar-refractivity contribution in [1.82, 2.24) is 15.1 Å². The predicted octanol–water partition coefficient (Wildman–Crippen LogP) is 4.60. The van der Waals surface area contributed by atoms with Crippen molar-refractivity contribution in [1.29, 1.82) is 0 Å². The molecule has 3 aromatic rings. The van der Waals surface area contributed by atoms with E-state index in [9.17, 15) is 14.0 Å². The van der Waals surface area contributed by atoms with Crippen molar-refractivity contribution in [3.8, 4) is 0 Å². The normalized spacial score (nSPS) is 16.3. The summed E-state index contributed by atoms with van der Waals surface area (Å²) in [4.78, 5) is 26.9. The maximum absolute atomic E-state index is 13.5. The fraction of sp³-hybridized carbons (Fsp3) is 0.238. The van der Waals surface area contributed by atoms with Crippen molar-refractivity contribution in [2.24, 2.45) is 0 Å². The summed E-state index contributed by atoms with van der Waals surface area (Å²) >= 11 is 7.16. The molecular weight excluding hydrogens is 427 g/mol. The van der Waals surface area contributed by atoms with Gasteiger partial charge in [0.1, 0.15) is 10.8 Å². The molecule has 0 spiro atoms. The summed E-state index contributed by atoms with van der Waals surface area (Å²) in [6.07, 6.45) is 1.65. The first-order valence-corrected chi connectivity index (χ1v) is 10.6. The van der Waals surface area contributed by atoms with Crippen molar-refractivity contribution in [3.63, 3.8) is 0 Å². The van der Waals surface area contributed by atoms with Crippen molar-refractivity contribution < 1.29 is 14.0 Å². The van der Waals surface area contributed by atoms with E-state index in [1.165, 1.54) is 29.5 Å². The molecule has 1 aromatic heterocycles. The van der Waals surface area contributed by atoms with Crippen molar-refractivity contribution in [2.45, 2.75) is 18.8 Å². The molecule has 6 nitrogen and oxygen atoms in total. The number of aromatic nitrogens is 2. The van der Waals surface area contributed by atoms with Crippen LogP contribution in [0.15, 0.2) is 48.5 Å². The van der Waals surface area contributed by atoms with Gasteiger partial charge in [-0.05, 0) is 49.2 Å². The van der Waals surface area contributed by atoms with Gasteiger partial charge in [-0.15, -0.1) is 10.2 Å². The van der Waals surface area contributed by atoms with Gasteiger partial charge in [-0.1, -0.05) is 35.1 Å². The summed E-state index contributed by atoms with van der Waals surface area (Å²) in [6, 6.07) is 12.6. The van der Waals surface area contributed by atoms with Crippen LogP contribution in [0, 0.1) is 5.82 Å². The van der Waals surface area contributed by atoms with Crippen LogP contribution < -0.4 is 5.32 Å². The van der Waals surface area contributed by atoms with E-state index in [0.717, 1.165) is 12.8 Å². The van der Waals surface area contributed by atoms with Gasteiger partial charge in [0.05, 0.1) is 0 Å². The van der Waals surface area contributed by atoms with Gasteiger partial charge in [-0.2, -0.15) is 0 Å². The second-order valence-electron chi connectivity index (χ2n) is 7.01. The zero-order chi connectivity index (χ0) is 21.1. The summed E-state index contributed by atoms with van der Waals surface area (Å²) < 4.78 is 13.5. The molecule has 1 aliphatic rings. The van der Waals surface area contributed by atoms with Gasteiger partial charge in [-0.3, -0.25) is 9.59 Å². The highest BCUT2D eigenvalue weighted by Gasteiger charge is 2.28. The van der Waals surface area contributed by atoms with Crippen molar-refractivity contribution in [3.05, 3.63) is 74.9 Å². The Hall–Kier alpha value is -2.84. The molecule has 30 heavy (non-hydrogen) atoms. The Bertz CT molecular complexity index is 1090. The lowest BCUT2D eigenvalue weighted by Gasteiger charge is -2.31. The maximum Gasteiger partial charge on any atom is 0.286 e. The van der Waals surface area contributed by atoms with Crippen molar-refractivity contribution in [2.75, 3.05) is 18.4 Å². The zero-order valence-electron chi connectivity index (χ0n) is 15.8. The highest BCUT2D eigenvalue weighted by atomic mass is 35.5. The van der Waals surface area contributed by atoms with E-state index >= 15 is 0 Å². The van der Waals surface area contributed by atoms with E-state index < -0.39 is 5.82 Å². The number of anilines is 1. The summed E-state index contributed by atoms with van der Waals surface area (Å²) in [5.41, 5.74) is 0.906.